The highest BCUT2D eigenvalue weighted by Gasteiger charge is 2.18. The van der Waals surface area contributed by atoms with Crippen molar-refractivity contribution in [3.63, 3.8) is 0 Å². The number of hydrogen-bond donors (Lipinski definition) is 1. The Bertz CT molecular complexity index is 787. The monoisotopic (exact) mass is 379 g/mol. The van der Waals surface area contributed by atoms with Crippen molar-refractivity contribution in [1.29, 1.82) is 0 Å². The van der Waals surface area contributed by atoms with Gasteiger partial charge in [0.1, 0.15) is 0 Å². The molecule has 0 bridgehead atoms. The Morgan fingerprint density at radius 2 is 1.38 bits per heavy atom. The van der Waals surface area contributed by atoms with Crippen LogP contribution >= 0.6 is 12.4 Å². The van der Waals surface area contributed by atoms with Gasteiger partial charge in [-0.15, -0.1) is 12.4 Å². The SMILES string of the molecule is CC(C)C(=O)Oc1cc2ccc(CCN)cc2cc1OC(=O)C(C)C.Cl. The molecule has 0 amide bonds. The largest absolute Gasteiger partial charge is 0.422 e. The van der Waals surface area contributed by atoms with Crippen LogP contribution in [0.3, 0.4) is 0 Å². The van der Waals surface area contributed by atoms with Gasteiger partial charge in [-0.05, 0) is 41.4 Å². The molecule has 0 fully saturated rings. The predicted octanol–water partition coefficient (Wildman–Crippen LogP) is 3.89. The predicted molar refractivity (Wildman–Crippen MR) is 105 cm³/mol. The molecule has 0 aliphatic heterocycles. The van der Waals surface area contributed by atoms with E-state index in [9.17, 15) is 9.59 Å². The fourth-order valence-corrected chi connectivity index (χ4v) is 2.24. The van der Waals surface area contributed by atoms with Gasteiger partial charge in [-0.1, -0.05) is 45.9 Å². The minimum absolute atomic E-state index is 0. The number of nitrogens with two attached hydrogens (primary N) is 1. The van der Waals surface area contributed by atoms with Gasteiger partial charge in [-0.2, -0.15) is 0 Å². The molecular formula is C20H26ClNO4. The molecule has 0 aromatic heterocycles. The van der Waals surface area contributed by atoms with E-state index in [1.165, 1.54) is 0 Å². The van der Waals surface area contributed by atoms with Crippen molar-refractivity contribution >= 4 is 35.1 Å². The Morgan fingerprint density at radius 1 is 0.885 bits per heavy atom. The molecule has 0 saturated carbocycles. The van der Waals surface area contributed by atoms with Crippen LogP contribution in [0.1, 0.15) is 33.3 Å². The molecule has 142 valence electrons. The van der Waals surface area contributed by atoms with Crippen molar-refractivity contribution in [1.82, 2.24) is 0 Å². The van der Waals surface area contributed by atoms with E-state index in [1.54, 1.807) is 39.8 Å². The van der Waals surface area contributed by atoms with Crippen molar-refractivity contribution < 1.29 is 19.1 Å². The maximum atomic E-state index is 12.0. The molecule has 2 aromatic rings. The fourth-order valence-electron chi connectivity index (χ4n) is 2.24. The van der Waals surface area contributed by atoms with E-state index < -0.39 is 0 Å². The van der Waals surface area contributed by atoms with E-state index in [2.05, 4.69) is 0 Å². The molecule has 0 heterocycles. The van der Waals surface area contributed by atoms with Crippen molar-refractivity contribution in [2.75, 3.05) is 6.54 Å². The summed E-state index contributed by atoms with van der Waals surface area (Å²) in [5, 5.41) is 1.80. The van der Waals surface area contributed by atoms with Gasteiger partial charge in [0.2, 0.25) is 0 Å². The Labute approximate surface area is 160 Å². The minimum atomic E-state index is -0.376. The normalized spacial score (nSPS) is 10.7. The van der Waals surface area contributed by atoms with Crippen LogP contribution in [-0.4, -0.2) is 18.5 Å². The Morgan fingerprint density at radius 3 is 1.85 bits per heavy atom. The lowest BCUT2D eigenvalue weighted by atomic mass is 10.0. The zero-order valence-corrected chi connectivity index (χ0v) is 16.4. The number of esters is 2. The van der Waals surface area contributed by atoms with Gasteiger partial charge in [0, 0.05) is 0 Å². The van der Waals surface area contributed by atoms with Crippen LogP contribution in [0, 0.1) is 11.8 Å². The summed E-state index contributed by atoms with van der Waals surface area (Å²) in [7, 11) is 0. The molecule has 5 nitrogen and oxygen atoms in total. The van der Waals surface area contributed by atoms with Crippen LogP contribution in [0.5, 0.6) is 11.5 Å². The number of halogens is 1. The topological polar surface area (TPSA) is 78.6 Å². The molecule has 26 heavy (non-hydrogen) atoms. The molecule has 2 rings (SSSR count). The second kappa shape index (κ2) is 9.55. The molecule has 0 radical (unpaired) electrons. The smallest absolute Gasteiger partial charge is 0.313 e. The maximum absolute atomic E-state index is 12.0. The first-order valence-corrected chi connectivity index (χ1v) is 8.52. The summed E-state index contributed by atoms with van der Waals surface area (Å²) in [6, 6.07) is 9.40. The number of fused-ring (bicyclic) bond motifs is 1. The summed E-state index contributed by atoms with van der Waals surface area (Å²) in [4.78, 5) is 24.0. The standard InChI is InChI=1S/C20H25NO4.ClH/c1-12(2)19(22)24-17-10-15-6-5-14(7-8-21)9-16(15)11-18(17)25-20(23)13(3)4;/h5-6,9-13H,7-8,21H2,1-4H3;1H. The van der Waals surface area contributed by atoms with Crippen LogP contribution < -0.4 is 15.2 Å². The fraction of sp³-hybridized carbons (Fsp3) is 0.400. The summed E-state index contributed by atoms with van der Waals surface area (Å²) in [6.07, 6.45) is 0.765. The summed E-state index contributed by atoms with van der Waals surface area (Å²) >= 11 is 0. The first-order valence-electron chi connectivity index (χ1n) is 8.52. The van der Waals surface area contributed by atoms with Crippen LogP contribution in [-0.2, 0) is 16.0 Å². The number of benzene rings is 2. The highest BCUT2D eigenvalue weighted by molar-refractivity contribution is 5.89. The third kappa shape index (κ3) is 5.44. The number of ether oxygens (including phenoxy) is 2. The first-order chi connectivity index (χ1) is 11.8. The molecule has 6 heteroatoms. The zero-order chi connectivity index (χ0) is 18.6. The van der Waals surface area contributed by atoms with Gasteiger partial charge in [0.05, 0.1) is 11.8 Å². The number of carbonyl (C=O) groups excluding carboxylic acids is 2. The average Bonchev–Trinajstić information content (AvgIpc) is 2.55. The molecule has 0 unspecified atom stereocenters. The summed E-state index contributed by atoms with van der Waals surface area (Å²) in [6.45, 7) is 7.57. The van der Waals surface area contributed by atoms with Gasteiger partial charge in [0.25, 0.3) is 0 Å². The first kappa shape index (κ1) is 21.9. The van der Waals surface area contributed by atoms with Crippen molar-refractivity contribution in [2.45, 2.75) is 34.1 Å². The Kier molecular flexibility index (Phi) is 8.06. The van der Waals surface area contributed by atoms with Crippen LogP contribution in [0.15, 0.2) is 30.3 Å². The second-order valence-electron chi connectivity index (χ2n) is 6.67. The van der Waals surface area contributed by atoms with E-state index in [4.69, 9.17) is 15.2 Å². The third-order valence-corrected chi connectivity index (χ3v) is 3.76. The average molecular weight is 380 g/mol. The highest BCUT2D eigenvalue weighted by Crippen LogP contribution is 2.34. The lowest BCUT2D eigenvalue weighted by Gasteiger charge is -2.14. The zero-order valence-electron chi connectivity index (χ0n) is 15.6. The van der Waals surface area contributed by atoms with Gasteiger partial charge < -0.3 is 15.2 Å². The lowest BCUT2D eigenvalue weighted by Crippen LogP contribution is -2.18. The van der Waals surface area contributed by atoms with Gasteiger partial charge in [-0.25, -0.2) is 0 Å². The van der Waals surface area contributed by atoms with E-state index in [0.717, 1.165) is 22.8 Å². The summed E-state index contributed by atoms with van der Waals surface area (Å²) < 4.78 is 10.9. The van der Waals surface area contributed by atoms with E-state index in [-0.39, 0.29) is 47.7 Å². The van der Waals surface area contributed by atoms with E-state index in [0.29, 0.717) is 6.54 Å². The summed E-state index contributed by atoms with van der Waals surface area (Å²) in [5.74, 6) is -0.804. The Balaban J connectivity index is 0.00000338. The molecule has 2 aromatic carbocycles. The number of carbonyl (C=O) groups is 2. The quantitative estimate of drug-likeness (QED) is 0.608. The molecule has 0 spiro atoms. The van der Waals surface area contributed by atoms with Gasteiger partial charge in [0.15, 0.2) is 11.5 Å². The molecule has 2 N–H and O–H groups in total. The second-order valence-corrected chi connectivity index (χ2v) is 6.67. The summed E-state index contributed by atoms with van der Waals surface area (Å²) in [5.41, 5.74) is 6.71. The molecule has 0 aliphatic rings. The van der Waals surface area contributed by atoms with Crippen molar-refractivity contribution in [3.05, 3.63) is 35.9 Å². The lowest BCUT2D eigenvalue weighted by molar-refractivity contribution is -0.140. The minimum Gasteiger partial charge on any atom is -0.422 e. The number of rotatable bonds is 6. The molecule has 0 aliphatic carbocycles. The number of hydrogen-bond acceptors (Lipinski definition) is 5. The van der Waals surface area contributed by atoms with Crippen molar-refractivity contribution in [2.24, 2.45) is 17.6 Å². The van der Waals surface area contributed by atoms with Gasteiger partial charge >= 0.3 is 11.9 Å². The van der Waals surface area contributed by atoms with Crippen LogP contribution in [0.25, 0.3) is 10.8 Å². The highest BCUT2D eigenvalue weighted by atomic mass is 35.5. The molecule has 0 saturated heterocycles. The van der Waals surface area contributed by atoms with Gasteiger partial charge in [-0.3, -0.25) is 9.59 Å². The van der Waals surface area contributed by atoms with E-state index >= 15 is 0 Å². The Hall–Kier alpha value is -2.11. The molecular weight excluding hydrogens is 354 g/mol. The van der Waals surface area contributed by atoms with Crippen molar-refractivity contribution in [3.8, 4) is 11.5 Å². The van der Waals surface area contributed by atoms with Crippen LogP contribution in [0.2, 0.25) is 0 Å². The van der Waals surface area contributed by atoms with Crippen LogP contribution in [0.4, 0.5) is 0 Å². The molecule has 0 atom stereocenters. The third-order valence-electron chi connectivity index (χ3n) is 3.76. The van der Waals surface area contributed by atoms with E-state index in [1.807, 2.05) is 18.2 Å². The maximum Gasteiger partial charge on any atom is 0.313 e.